The van der Waals surface area contributed by atoms with Crippen molar-refractivity contribution in [2.75, 3.05) is 20.2 Å². The van der Waals surface area contributed by atoms with Gasteiger partial charge in [-0.1, -0.05) is 13.3 Å². The van der Waals surface area contributed by atoms with E-state index in [1.165, 1.54) is 7.11 Å². The lowest BCUT2D eigenvalue weighted by Crippen LogP contribution is -2.52. The summed E-state index contributed by atoms with van der Waals surface area (Å²) in [7, 11) is 1.41. The summed E-state index contributed by atoms with van der Waals surface area (Å²) in [6, 6.07) is -0.0508. The SMILES string of the molecule is CCCNC(=O)C(C)N1CCCCC1CC(=O)OC. The molecule has 5 heteroatoms. The minimum atomic E-state index is -0.196. The summed E-state index contributed by atoms with van der Waals surface area (Å²) in [4.78, 5) is 25.6. The first-order valence-corrected chi connectivity index (χ1v) is 7.20. The van der Waals surface area contributed by atoms with E-state index in [0.29, 0.717) is 13.0 Å². The number of nitrogens with zero attached hydrogens (tertiary/aromatic N) is 1. The van der Waals surface area contributed by atoms with Gasteiger partial charge in [0.1, 0.15) is 0 Å². The van der Waals surface area contributed by atoms with Crippen molar-refractivity contribution in [3.05, 3.63) is 0 Å². The Bertz CT molecular complexity index is 307. The molecule has 0 saturated carbocycles. The molecule has 5 nitrogen and oxygen atoms in total. The van der Waals surface area contributed by atoms with E-state index < -0.39 is 0 Å². The highest BCUT2D eigenvalue weighted by atomic mass is 16.5. The molecule has 1 amide bonds. The monoisotopic (exact) mass is 270 g/mol. The van der Waals surface area contributed by atoms with E-state index in [1.807, 2.05) is 13.8 Å². The Balaban J connectivity index is 2.59. The second kappa shape index (κ2) is 8.15. The number of carbonyl (C=O) groups is 2. The Morgan fingerprint density at radius 2 is 2.16 bits per heavy atom. The zero-order valence-corrected chi connectivity index (χ0v) is 12.3. The van der Waals surface area contributed by atoms with Gasteiger partial charge in [-0.25, -0.2) is 0 Å². The molecule has 110 valence electrons. The van der Waals surface area contributed by atoms with Gasteiger partial charge in [0.05, 0.1) is 19.6 Å². The average Bonchev–Trinajstić information content (AvgIpc) is 2.44. The van der Waals surface area contributed by atoms with E-state index in [2.05, 4.69) is 10.2 Å². The zero-order chi connectivity index (χ0) is 14.3. The van der Waals surface area contributed by atoms with Crippen LogP contribution in [0.2, 0.25) is 0 Å². The summed E-state index contributed by atoms with van der Waals surface area (Å²) < 4.78 is 4.74. The van der Waals surface area contributed by atoms with Gasteiger partial charge in [-0.2, -0.15) is 0 Å². The molecule has 1 saturated heterocycles. The predicted molar refractivity (Wildman–Crippen MR) is 73.7 cm³/mol. The number of hydrogen-bond acceptors (Lipinski definition) is 4. The first kappa shape index (κ1) is 16.0. The summed E-state index contributed by atoms with van der Waals surface area (Å²) in [6.07, 6.45) is 4.47. The normalized spacial score (nSPS) is 21.7. The fourth-order valence-corrected chi connectivity index (χ4v) is 2.57. The number of likely N-dealkylation sites (tertiary alicyclic amines) is 1. The predicted octanol–water partition coefficient (Wildman–Crippen LogP) is 1.32. The smallest absolute Gasteiger partial charge is 0.307 e. The summed E-state index contributed by atoms with van der Waals surface area (Å²) in [6.45, 7) is 5.54. The molecule has 1 N–H and O–H groups in total. The quantitative estimate of drug-likeness (QED) is 0.740. The van der Waals surface area contributed by atoms with Gasteiger partial charge in [-0.15, -0.1) is 0 Å². The molecule has 1 aliphatic rings. The topological polar surface area (TPSA) is 58.6 Å². The Hall–Kier alpha value is -1.10. The molecular weight excluding hydrogens is 244 g/mol. The van der Waals surface area contributed by atoms with Gasteiger partial charge in [-0.05, 0) is 32.7 Å². The lowest BCUT2D eigenvalue weighted by Gasteiger charge is -2.38. The van der Waals surface area contributed by atoms with E-state index >= 15 is 0 Å². The summed E-state index contributed by atoms with van der Waals surface area (Å²) in [5.41, 5.74) is 0. The van der Waals surface area contributed by atoms with Gasteiger partial charge < -0.3 is 10.1 Å². The number of ether oxygens (including phenoxy) is 1. The number of hydrogen-bond donors (Lipinski definition) is 1. The molecule has 0 aromatic heterocycles. The first-order valence-electron chi connectivity index (χ1n) is 7.20. The number of carbonyl (C=O) groups excluding carboxylic acids is 2. The van der Waals surface area contributed by atoms with Crippen LogP contribution in [0.1, 0.15) is 46.0 Å². The lowest BCUT2D eigenvalue weighted by atomic mass is 9.97. The summed E-state index contributed by atoms with van der Waals surface area (Å²) >= 11 is 0. The molecule has 0 spiro atoms. The van der Waals surface area contributed by atoms with Crippen LogP contribution in [0.3, 0.4) is 0 Å². The molecule has 0 radical (unpaired) electrons. The second-order valence-corrected chi connectivity index (χ2v) is 5.13. The number of nitrogens with one attached hydrogen (secondary N) is 1. The molecule has 1 fully saturated rings. The molecule has 2 unspecified atom stereocenters. The van der Waals surface area contributed by atoms with Gasteiger partial charge >= 0.3 is 5.97 Å². The van der Waals surface area contributed by atoms with Gasteiger partial charge in [0, 0.05) is 12.6 Å². The molecule has 0 aromatic rings. The Morgan fingerprint density at radius 3 is 2.79 bits per heavy atom. The number of methoxy groups -OCH3 is 1. The van der Waals surface area contributed by atoms with Crippen LogP contribution in [0, 0.1) is 0 Å². The molecule has 0 bridgehead atoms. The van der Waals surface area contributed by atoms with Crippen LogP contribution >= 0.6 is 0 Å². The van der Waals surface area contributed by atoms with E-state index in [1.54, 1.807) is 0 Å². The van der Waals surface area contributed by atoms with Crippen LogP contribution in [0.5, 0.6) is 0 Å². The maximum Gasteiger partial charge on any atom is 0.307 e. The third-order valence-corrected chi connectivity index (χ3v) is 3.73. The molecule has 1 heterocycles. The number of piperidine rings is 1. The van der Waals surface area contributed by atoms with E-state index in [0.717, 1.165) is 32.2 Å². The number of amides is 1. The molecule has 1 aliphatic heterocycles. The second-order valence-electron chi connectivity index (χ2n) is 5.13. The summed E-state index contributed by atoms with van der Waals surface area (Å²) in [5, 5.41) is 2.92. The summed E-state index contributed by atoms with van der Waals surface area (Å²) in [5.74, 6) is -0.142. The third-order valence-electron chi connectivity index (χ3n) is 3.73. The van der Waals surface area contributed by atoms with Crippen LogP contribution < -0.4 is 5.32 Å². The van der Waals surface area contributed by atoms with Crippen molar-refractivity contribution in [2.24, 2.45) is 0 Å². The molecule has 2 atom stereocenters. The Labute approximate surface area is 115 Å². The maximum atomic E-state index is 12.0. The Kier molecular flexibility index (Phi) is 6.84. The van der Waals surface area contributed by atoms with Crippen molar-refractivity contribution in [2.45, 2.75) is 58.0 Å². The van der Waals surface area contributed by atoms with E-state index in [4.69, 9.17) is 4.74 Å². The number of esters is 1. The molecular formula is C14H26N2O3. The van der Waals surface area contributed by atoms with Gasteiger partial charge in [0.25, 0.3) is 0 Å². The molecule has 19 heavy (non-hydrogen) atoms. The largest absolute Gasteiger partial charge is 0.469 e. The minimum absolute atomic E-state index is 0.0543. The molecule has 1 rings (SSSR count). The van der Waals surface area contributed by atoms with Crippen molar-refractivity contribution < 1.29 is 14.3 Å². The minimum Gasteiger partial charge on any atom is -0.469 e. The highest BCUT2D eigenvalue weighted by Gasteiger charge is 2.31. The van der Waals surface area contributed by atoms with Gasteiger partial charge in [-0.3, -0.25) is 14.5 Å². The lowest BCUT2D eigenvalue weighted by molar-refractivity contribution is -0.143. The highest BCUT2D eigenvalue weighted by molar-refractivity contribution is 5.81. The van der Waals surface area contributed by atoms with E-state index in [-0.39, 0.29) is 24.0 Å². The maximum absolute atomic E-state index is 12.0. The van der Waals surface area contributed by atoms with Crippen molar-refractivity contribution in [1.82, 2.24) is 10.2 Å². The standard InChI is InChI=1S/C14H26N2O3/c1-4-8-15-14(18)11(2)16-9-6-5-7-12(16)10-13(17)19-3/h11-12H,4-10H2,1-3H3,(H,15,18). The fourth-order valence-electron chi connectivity index (χ4n) is 2.57. The van der Waals surface area contributed by atoms with Gasteiger partial charge in [0.15, 0.2) is 0 Å². The number of rotatable bonds is 6. The fraction of sp³-hybridized carbons (Fsp3) is 0.857. The molecule has 0 aliphatic carbocycles. The van der Waals surface area contributed by atoms with Crippen LogP contribution in [0.4, 0.5) is 0 Å². The van der Waals surface area contributed by atoms with Crippen LogP contribution in [-0.4, -0.2) is 49.1 Å². The van der Waals surface area contributed by atoms with Crippen molar-refractivity contribution in [3.63, 3.8) is 0 Å². The van der Waals surface area contributed by atoms with Crippen LogP contribution in [0.15, 0.2) is 0 Å². The average molecular weight is 270 g/mol. The zero-order valence-electron chi connectivity index (χ0n) is 12.3. The molecule has 0 aromatic carbocycles. The Morgan fingerprint density at radius 1 is 1.42 bits per heavy atom. The van der Waals surface area contributed by atoms with Crippen LogP contribution in [0.25, 0.3) is 0 Å². The van der Waals surface area contributed by atoms with Crippen molar-refractivity contribution in [1.29, 1.82) is 0 Å². The van der Waals surface area contributed by atoms with Gasteiger partial charge in [0.2, 0.25) is 5.91 Å². The highest BCUT2D eigenvalue weighted by Crippen LogP contribution is 2.22. The third kappa shape index (κ3) is 4.82. The van der Waals surface area contributed by atoms with Crippen molar-refractivity contribution >= 4 is 11.9 Å². The van der Waals surface area contributed by atoms with Crippen molar-refractivity contribution in [3.8, 4) is 0 Å². The van der Waals surface area contributed by atoms with Crippen LogP contribution in [-0.2, 0) is 14.3 Å². The van der Waals surface area contributed by atoms with E-state index in [9.17, 15) is 9.59 Å². The first-order chi connectivity index (χ1) is 9.10.